The summed E-state index contributed by atoms with van der Waals surface area (Å²) in [5.41, 5.74) is 0.344. The fraction of sp³-hybridized carbons (Fsp3) is 0.300. The van der Waals surface area contributed by atoms with Crippen LogP contribution in [0.15, 0.2) is 18.2 Å². The van der Waals surface area contributed by atoms with E-state index < -0.39 is 18.7 Å². The van der Waals surface area contributed by atoms with Crippen LogP contribution in [0.3, 0.4) is 0 Å². The van der Waals surface area contributed by atoms with Gasteiger partial charge in [-0.1, -0.05) is 0 Å². The third-order valence-electron chi connectivity index (χ3n) is 2.02. The molecule has 0 saturated heterocycles. The Labute approximate surface area is 105 Å². The van der Waals surface area contributed by atoms with Crippen LogP contribution < -0.4 is 9.67 Å². The van der Waals surface area contributed by atoms with E-state index in [4.69, 9.17) is 5.11 Å². The van der Waals surface area contributed by atoms with Gasteiger partial charge in [-0.05, 0) is 0 Å². The Morgan fingerprint density at radius 1 is 1.35 bits per heavy atom. The molecule has 0 radical (unpaired) electrons. The third kappa shape index (κ3) is 4.30. The van der Waals surface area contributed by atoms with Gasteiger partial charge in [-0.3, -0.25) is 0 Å². The van der Waals surface area contributed by atoms with Crippen molar-refractivity contribution in [2.24, 2.45) is 0 Å². The minimum absolute atomic E-state index is 0.0317. The van der Waals surface area contributed by atoms with E-state index in [1.165, 1.54) is 12.1 Å². The van der Waals surface area contributed by atoms with Gasteiger partial charge in [0, 0.05) is 0 Å². The van der Waals surface area contributed by atoms with E-state index in [1.54, 1.807) is 6.07 Å². The van der Waals surface area contributed by atoms with Gasteiger partial charge in [0.1, 0.15) is 0 Å². The molecule has 0 heterocycles. The molecule has 0 aliphatic carbocycles. The number of hydrogen-bond donors (Lipinski definition) is 2. The number of halogens is 3. The molecule has 17 heavy (non-hydrogen) atoms. The molecule has 1 rings (SSSR count). The van der Waals surface area contributed by atoms with Crippen molar-refractivity contribution in [3.05, 3.63) is 29.3 Å². The Morgan fingerprint density at radius 2 is 2.00 bits per heavy atom. The van der Waals surface area contributed by atoms with Crippen molar-refractivity contribution in [3.8, 4) is 0 Å². The van der Waals surface area contributed by atoms with E-state index in [-0.39, 0.29) is 12.1 Å². The second kappa shape index (κ2) is 5.96. The van der Waals surface area contributed by atoms with Crippen LogP contribution in [0.5, 0.6) is 0 Å². The third-order valence-corrected chi connectivity index (χ3v) is 2.72. The number of alkyl halides is 3. The van der Waals surface area contributed by atoms with Crippen LogP contribution in [0.4, 0.5) is 18.0 Å². The first-order valence-corrected chi connectivity index (χ1v) is 5.89. The molecule has 0 saturated carbocycles. The summed E-state index contributed by atoms with van der Waals surface area (Å²) in [5.74, 6) is 0. The summed E-state index contributed by atoms with van der Waals surface area (Å²) in [6, 6.07) is 4.23. The van der Waals surface area contributed by atoms with Crippen LogP contribution in [0, 0.1) is 0 Å². The van der Waals surface area contributed by atoms with E-state index in [0.717, 1.165) is 16.9 Å². The number of amides is 1. The normalized spacial score (nSPS) is 12.5. The van der Waals surface area contributed by atoms with Crippen molar-refractivity contribution < 1.29 is 23.1 Å². The zero-order chi connectivity index (χ0) is 13.0. The molecule has 1 aromatic rings. The van der Waals surface area contributed by atoms with E-state index in [1.807, 2.05) is 0 Å². The van der Waals surface area contributed by atoms with Crippen molar-refractivity contribution in [1.82, 2.24) is 5.32 Å². The zero-order valence-electron chi connectivity index (χ0n) is 8.66. The number of carbonyl (C=O) groups is 1. The van der Waals surface area contributed by atoms with E-state index in [9.17, 15) is 18.0 Å². The molecule has 0 fully saturated rings. The van der Waals surface area contributed by atoms with Gasteiger partial charge in [0.15, 0.2) is 0 Å². The predicted molar refractivity (Wildman–Crippen MR) is 59.3 cm³/mol. The van der Waals surface area contributed by atoms with Crippen LogP contribution in [0.25, 0.3) is 0 Å². The molecule has 2 N–H and O–H groups in total. The first-order chi connectivity index (χ1) is 7.90. The summed E-state index contributed by atoms with van der Waals surface area (Å²) in [7, 11) is 0. The molecular formula is C10H11AsF3NO2. The van der Waals surface area contributed by atoms with Crippen LogP contribution in [-0.2, 0) is 6.54 Å². The first kappa shape index (κ1) is 13.9. The molecule has 3 nitrogen and oxygen atoms in total. The molecule has 7 heteroatoms. The molecule has 1 aromatic carbocycles. The van der Waals surface area contributed by atoms with Gasteiger partial charge in [0.25, 0.3) is 0 Å². The van der Waals surface area contributed by atoms with E-state index in [2.05, 4.69) is 5.32 Å². The summed E-state index contributed by atoms with van der Waals surface area (Å²) in [6.45, 7) is -0.0317. The number of carboxylic acid groups (broad SMARTS) is 1. The van der Waals surface area contributed by atoms with Crippen LogP contribution in [-0.4, -0.2) is 34.5 Å². The Hall–Kier alpha value is -1.16. The average Bonchev–Trinajstić information content (AvgIpc) is 2.24. The van der Waals surface area contributed by atoms with Crippen molar-refractivity contribution in [2.75, 3.05) is 0 Å². The van der Waals surface area contributed by atoms with Crippen molar-refractivity contribution in [3.63, 3.8) is 0 Å². The molecule has 1 amide bonds. The number of rotatable bonds is 4. The molecule has 0 aliphatic rings. The van der Waals surface area contributed by atoms with Gasteiger partial charge in [0.05, 0.1) is 0 Å². The molecule has 0 aliphatic heterocycles. The van der Waals surface area contributed by atoms with E-state index >= 15 is 0 Å². The molecule has 94 valence electrons. The van der Waals surface area contributed by atoms with Gasteiger partial charge in [-0.25, -0.2) is 0 Å². The van der Waals surface area contributed by atoms with Gasteiger partial charge in [-0.15, -0.1) is 0 Å². The molecule has 0 spiro atoms. The maximum atomic E-state index is 13.1. The quantitative estimate of drug-likeness (QED) is 0.815. The second-order valence-electron chi connectivity index (χ2n) is 3.40. The Morgan fingerprint density at radius 3 is 2.53 bits per heavy atom. The van der Waals surface area contributed by atoms with Crippen molar-refractivity contribution in [2.45, 2.75) is 19.1 Å². The summed E-state index contributed by atoms with van der Waals surface area (Å²) in [5, 5.41) is 10.5. The fourth-order valence-corrected chi connectivity index (χ4v) is 2.18. The predicted octanol–water partition coefficient (Wildman–Crippen LogP) is 0.988. The number of benzene rings is 1. The van der Waals surface area contributed by atoms with E-state index in [0.29, 0.717) is 9.91 Å². The summed E-state index contributed by atoms with van der Waals surface area (Å²) in [6.07, 6.45) is -6.64. The van der Waals surface area contributed by atoms with Crippen LogP contribution in [0.2, 0.25) is 0 Å². The topological polar surface area (TPSA) is 49.3 Å². The van der Waals surface area contributed by atoms with Crippen LogP contribution in [0.1, 0.15) is 17.3 Å². The second-order valence-corrected chi connectivity index (χ2v) is 4.80. The molecule has 0 bridgehead atoms. The zero-order valence-corrected chi connectivity index (χ0v) is 11.1. The van der Waals surface area contributed by atoms with Crippen molar-refractivity contribution >= 4 is 27.3 Å². The monoisotopic (exact) mass is 309 g/mol. The van der Waals surface area contributed by atoms with Crippen molar-refractivity contribution in [1.29, 1.82) is 0 Å². The SMILES string of the molecule is O=C(O)NCc1cc([AsH2])cc(C(F)C(F)F)c1. The van der Waals surface area contributed by atoms with Gasteiger partial charge in [-0.2, -0.15) is 0 Å². The standard InChI is InChI=1S/C10H11AsF3NO2/c11-7-2-5(4-15-10(16)17)1-6(3-7)8(12)9(13)14/h1-3,8-9,15H,4,11H2,(H,16,17). The number of nitrogens with one attached hydrogen (secondary N) is 1. The van der Waals surface area contributed by atoms with Gasteiger partial charge < -0.3 is 0 Å². The molecule has 2 atom stereocenters. The number of hydrogen-bond acceptors (Lipinski definition) is 1. The molecule has 0 aromatic heterocycles. The Balaban J connectivity index is 2.90. The minimum atomic E-state index is -3.08. The first-order valence-electron chi connectivity index (χ1n) is 4.68. The fourth-order valence-electron chi connectivity index (χ4n) is 1.33. The Bertz CT molecular complexity index is 415. The summed E-state index contributed by atoms with van der Waals surface area (Å²) < 4.78 is 38.2. The molecular weight excluding hydrogens is 298 g/mol. The van der Waals surface area contributed by atoms with Crippen LogP contribution >= 0.6 is 0 Å². The average molecular weight is 309 g/mol. The summed E-state index contributed by atoms with van der Waals surface area (Å²) in [4.78, 5) is 10.3. The molecule has 2 unspecified atom stereocenters. The Kier molecular flexibility index (Phi) is 4.87. The summed E-state index contributed by atoms with van der Waals surface area (Å²) >= 11 is 1.16. The van der Waals surface area contributed by atoms with Gasteiger partial charge in [0.2, 0.25) is 0 Å². The van der Waals surface area contributed by atoms with Gasteiger partial charge >= 0.3 is 104 Å². The maximum absolute atomic E-state index is 13.1.